The summed E-state index contributed by atoms with van der Waals surface area (Å²) in [4.78, 5) is 31.4. The van der Waals surface area contributed by atoms with E-state index in [0.717, 1.165) is 31.5 Å². The molecule has 2 aliphatic rings. The lowest BCUT2D eigenvalue weighted by atomic mass is 9.87. The maximum atomic E-state index is 12.8. The number of esters is 1. The third kappa shape index (κ3) is 4.87. The zero-order valence-corrected chi connectivity index (χ0v) is 16.5. The van der Waals surface area contributed by atoms with Crippen molar-refractivity contribution in [2.75, 3.05) is 26.2 Å². The number of piperidine rings is 1. The van der Waals surface area contributed by atoms with E-state index in [0.29, 0.717) is 23.2 Å². The number of rotatable bonds is 5. The fourth-order valence-corrected chi connectivity index (χ4v) is 3.80. The van der Waals surface area contributed by atoms with Crippen LogP contribution < -0.4 is 5.32 Å². The van der Waals surface area contributed by atoms with Gasteiger partial charge in [0.25, 0.3) is 0 Å². The van der Waals surface area contributed by atoms with Crippen LogP contribution in [-0.4, -0.2) is 48.9 Å². The van der Waals surface area contributed by atoms with Gasteiger partial charge in [0.15, 0.2) is 0 Å². The molecule has 7 heteroatoms. The van der Waals surface area contributed by atoms with Gasteiger partial charge in [-0.05, 0) is 56.5 Å². The Balaban J connectivity index is 1.87. The number of carbonyl (C=O) groups excluding carboxylic acids is 2. The predicted molar refractivity (Wildman–Crippen MR) is 105 cm³/mol. The fourth-order valence-electron chi connectivity index (χ4n) is 3.67. The maximum Gasteiger partial charge on any atom is 0.341 e. The largest absolute Gasteiger partial charge is 0.465 e. The third-order valence-corrected chi connectivity index (χ3v) is 5.50. The number of nitrogens with one attached hydrogen (secondary N) is 1. The second-order valence-electron chi connectivity index (χ2n) is 7.27. The molecule has 2 unspecified atom stereocenters. The van der Waals surface area contributed by atoms with E-state index in [-0.39, 0.29) is 12.6 Å². The van der Waals surface area contributed by atoms with Gasteiger partial charge in [0, 0.05) is 11.6 Å². The Morgan fingerprint density at radius 3 is 2.59 bits per heavy atom. The first-order valence-corrected chi connectivity index (χ1v) is 9.88. The quantitative estimate of drug-likeness (QED) is 0.780. The van der Waals surface area contributed by atoms with Gasteiger partial charge in [-0.2, -0.15) is 0 Å². The molecule has 0 saturated carbocycles. The lowest BCUT2D eigenvalue weighted by Crippen LogP contribution is -2.49. The molecule has 2 aliphatic heterocycles. The number of nitrogens with zero attached hydrogens (tertiary/aromatic N) is 2. The molecule has 1 aromatic carbocycles. The van der Waals surface area contributed by atoms with E-state index in [1.807, 2.05) is 12.1 Å². The first kappa shape index (κ1) is 19.8. The highest BCUT2D eigenvalue weighted by Crippen LogP contribution is 2.30. The van der Waals surface area contributed by atoms with E-state index in [1.54, 1.807) is 19.1 Å². The van der Waals surface area contributed by atoms with E-state index in [2.05, 4.69) is 22.1 Å². The average Bonchev–Trinajstić information content (AvgIpc) is 2.64. The van der Waals surface area contributed by atoms with Crippen LogP contribution in [0.4, 0.5) is 4.79 Å². The Bertz CT molecular complexity index is 712. The SMILES string of the molecule is CCOC(=O)C1C(CN2CCC(C)CC2)=NC(=O)NC1c1ccc(Cl)cc1. The van der Waals surface area contributed by atoms with Crippen molar-refractivity contribution in [2.24, 2.45) is 16.8 Å². The smallest absolute Gasteiger partial charge is 0.341 e. The van der Waals surface area contributed by atoms with Gasteiger partial charge in [-0.3, -0.25) is 9.69 Å². The number of likely N-dealkylation sites (tertiary alicyclic amines) is 1. The van der Waals surface area contributed by atoms with Gasteiger partial charge in [0.1, 0.15) is 5.92 Å². The minimum atomic E-state index is -0.636. The summed E-state index contributed by atoms with van der Waals surface area (Å²) < 4.78 is 5.31. The number of ether oxygens (including phenoxy) is 1. The summed E-state index contributed by atoms with van der Waals surface area (Å²) >= 11 is 5.99. The number of hydrogen-bond donors (Lipinski definition) is 1. The lowest BCUT2D eigenvalue weighted by Gasteiger charge is -2.35. The number of urea groups is 1. The van der Waals surface area contributed by atoms with Crippen LogP contribution in [-0.2, 0) is 9.53 Å². The first-order chi connectivity index (χ1) is 13.0. The summed E-state index contributed by atoms with van der Waals surface area (Å²) in [5, 5.41) is 3.43. The summed E-state index contributed by atoms with van der Waals surface area (Å²) in [7, 11) is 0. The van der Waals surface area contributed by atoms with Gasteiger partial charge >= 0.3 is 12.0 Å². The van der Waals surface area contributed by atoms with E-state index in [1.165, 1.54) is 0 Å². The van der Waals surface area contributed by atoms with E-state index in [9.17, 15) is 9.59 Å². The zero-order valence-electron chi connectivity index (χ0n) is 15.8. The van der Waals surface area contributed by atoms with Gasteiger partial charge in [-0.25, -0.2) is 9.79 Å². The van der Waals surface area contributed by atoms with Crippen LogP contribution in [0.2, 0.25) is 5.02 Å². The van der Waals surface area contributed by atoms with Gasteiger partial charge in [-0.15, -0.1) is 0 Å². The number of carbonyl (C=O) groups is 2. The van der Waals surface area contributed by atoms with Crippen molar-refractivity contribution < 1.29 is 14.3 Å². The molecular weight excluding hydrogens is 366 g/mol. The monoisotopic (exact) mass is 391 g/mol. The van der Waals surface area contributed by atoms with Crippen LogP contribution in [0.5, 0.6) is 0 Å². The second kappa shape index (κ2) is 8.85. The molecule has 27 heavy (non-hydrogen) atoms. The Labute approximate surface area is 164 Å². The van der Waals surface area contributed by atoms with Crippen LogP contribution >= 0.6 is 11.6 Å². The first-order valence-electron chi connectivity index (χ1n) is 9.50. The highest BCUT2D eigenvalue weighted by Gasteiger charge is 2.40. The number of aliphatic imine (C=N–C) groups is 1. The zero-order chi connectivity index (χ0) is 19.4. The molecule has 1 N–H and O–H groups in total. The summed E-state index contributed by atoms with van der Waals surface area (Å²) in [5.74, 6) is -0.287. The highest BCUT2D eigenvalue weighted by molar-refractivity contribution is 6.30. The molecular formula is C20H26ClN3O3. The number of halogens is 1. The average molecular weight is 392 g/mol. The fraction of sp³-hybridized carbons (Fsp3) is 0.550. The van der Waals surface area contributed by atoms with E-state index in [4.69, 9.17) is 16.3 Å². The topological polar surface area (TPSA) is 71.0 Å². The maximum absolute atomic E-state index is 12.8. The minimum Gasteiger partial charge on any atom is -0.465 e. The molecule has 2 atom stereocenters. The van der Waals surface area contributed by atoms with Gasteiger partial charge in [0.05, 0.1) is 18.4 Å². The number of hydrogen-bond acceptors (Lipinski definition) is 4. The molecule has 1 saturated heterocycles. The van der Waals surface area contributed by atoms with E-state index >= 15 is 0 Å². The molecule has 1 fully saturated rings. The highest BCUT2D eigenvalue weighted by atomic mass is 35.5. The third-order valence-electron chi connectivity index (χ3n) is 5.25. The van der Waals surface area contributed by atoms with E-state index < -0.39 is 18.0 Å². The molecule has 0 bridgehead atoms. The molecule has 0 aliphatic carbocycles. The van der Waals surface area contributed by atoms with Gasteiger partial charge in [-0.1, -0.05) is 30.7 Å². The van der Waals surface area contributed by atoms with Crippen molar-refractivity contribution in [3.8, 4) is 0 Å². The standard InChI is InChI=1S/C20H26ClN3O3/c1-3-27-19(25)17-16(12-24-10-8-13(2)9-11-24)22-20(26)23-18(17)14-4-6-15(21)7-5-14/h4-7,13,17-18H,3,8-12H2,1-2H3,(H,23,26). The predicted octanol–water partition coefficient (Wildman–Crippen LogP) is 3.46. The number of amides is 2. The van der Waals surface area contributed by atoms with Crippen LogP contribution in [0.1, 0.15) is 38.3 Å². The van der Waals surface area contributed by atoms with Crippen molar-refractivity contribution >= 4 is 29.3 Å². The molecule has 0 aromatic heterocycles. The lowest BCUT2D eigenvalue weighted by molar-refractivity contribution is -0.146. The van der Waals surface area contributed by atoms with Crippen molar-refractivity contribution in [1.29, 1.82) is 0 Å². The van der Waals surface area contributed by atoms with Gasteiger partial charge < -0.3 is 10.1 Å². The Morgan fingerprint density at radius 2 is 1.96 bits per heavy atom. The van der Waals surface area contributed by atoms with Crippen LogP contribution in [0.15, 0.2) is 29.3 Å². The van der Waals surface area contributed by atoms with Crippen molar-refractivity contribution in [1.82, 2.24) is 10.2 Å². The number of benzene rings is 1. The summed E-state index contributed by atoms with van der Waals surface area (Å²) in [6.45, 7) is 6.71. The van der Waals surface area contributed by atoms with Crippen molar-refractivity contribution in [2.45, 2.75) is 32.7 Å². The van der Waals surface area contributed by atoms with Crippen LogP contribution in [0.25, 0.3) is 0 Å². The summed E-state index contributed by atoms with van der Waals surface area (Å²) in [5.41, 5.74) is 1.39. The minimum absolute atomic E-state index is 0.283. The molecule has 1 aromatic rings. The summed E-state index contributed by atoms with van der Waals surface area (Å²) in [6.07, 6.45) is 2.23. The van der Waals surface area contributed by atoms with Crippen molar-refractivity contribution in [3.63, 3.8) is 0 Å². The molecule has 0 radical (unpaired) electrons. The van der Waals surface area contributed by atoms with Gasteiger partial charge in [0.2, 0.25) is 0 Å². The molecule has 3 rings (SSSR count). The molecule has 146 valence electrons. The molecule has 2 amide bonds. The Morgan fingerprint density at radius 1 is 1.30 bits per heavy atom. The molecule has 6 nitrogen and oxygen atoms in total. The molecule has 0 spiro atoms. The summed E-state index contributed by atoms with van der Waals surface area (Å²) in [6, 6.07) is 6.22. The Kier molecular flexibility index (Phi) is 6.50. The normalized spacial score (nSPS) is 24.3. The van der Waals surface area contributed by atoms with Crippen LogP contribution in [0.3, 0.4) is 0 Å². The van der Waals surface area contributed by atoms with Crippen LogP contribution in [0, 0.1) is 11.8 Å². The Hall–Kier alpha value is -1.92. The molecule has 2 heterocycles. The van der Waals surface area contributed by atoms with Crippen molar-refractivity contribution in [3.05, 3.63) is 34.9 Å². The second-order valence-corrected chi connectivity index (χ2v) is 7.71.